The maximum absolute atomic E-state index is 5.22. The largest absolute Gasteiger partial charge is 0.357 e. The molecular weight excluding hydrogens is 168 g/mol. The van der Waals surface area contributed by atoms with Crippen LogP contribution in [-0.2, 0) is 9.47 Å². The van der Waals surface area contributed by atoms with E-state index in [1.165, 1.54) is 0 Å². The van der Waals surface area contributed by atoms with Crippen LogP contribution >= 0.6 is 21.6 Å². The van der Waals surface area contributed by atoms with Crippen LogP contribution in [0.15, 0.2) is 0 Å². The van der Waals surface area contributed by atoms with Crippen LogP contribution in [-0.4, -0.2) is 23.1 Å². The van der Waals surface area contributed by atoms with Crippen LogP contribution in [0, 0.1) is 0 Å². The van der Waals surface area contributed by atoms with E-state index in [4.69, 9.17) is 9.47 Å². The maximum atomic E-state index is 5.22. The van der Waals surface area contributed by atoms with Gasteiger partial charge in [0.2, 0.25) is 0 Å². The minimum Gasteiger partial charge on any atom is -0.357 e. The Morgan fingerprint density at radius 3 is 1.40 bits per heavy atom. The highest BCUT2D eigenvalue weighted by molar-refractivity contribution is 8.77. The molecule has 2 saturated heterocycles. The Hall–Kier alpha value is 0.620. The molecule has 0 aromatic heterocycles. The predicted octanol–water partition coefficient (Wildman–Crippen LogP) is 1.86. The summed E-state index contributed by atoms with van der Waals surface area (Å²) in [5, 5.41) is 0. The average molecular weight is 178 g/mol. The van der Waals surface area contributed by atoms with E-state index in [0.717, 1.165) is 0 Å². The van der Waals surface area contributed by atoms with Crippen LogP contribution in [0.3, 0.4) is 0 Å². The number of hydrogen-bond acceptors (Lipinski definition) is 4. The fourth-order valence-electron chi connectivity index (χ4n) is 0.644. The van der Waals surface area contributed by atoms with E-state index >= 15 is 0 Å². The van der Waals surface area contributed by atoms with Crippen molar-refractivity contribution in [2.24, 2.45) is 0 Å². The molecule has 10 heavy (non-hydrogen) atoms. The summed E-state index contributed by atoms with van der Waals surface area (Å²) in [6.45, 7) is 4.19. The van der Waals surface area contributed by atoms with Gasteiger partial charge in [-0.25, -0.2) is 0 Å². The quantitative estimate of drug-likeness (QED) is 0.486. The molecule has 2 aliphatic rings. The molecule has 2 nitrogen and oxygen atoms in total. The van der Waals surface area contributed by atoms with Gasteiger partial charge in [-0.05, 0) is 13.8 Å². The van der Waals surface area contributed by atoms with Gasteiger partial charge in [0.15, 0.2) is 0 Å². The van der Waals surface area contributed by atoms with Crippen LogP contribution in [0.1, 0.15) is 13.8 Å². The smallest absolute Gasteiger partial charge is 0.139 e. The summed E-state index contributed by atoms with van der Waals surface area (Å²) in [6.07, 6.45) is 0.929. The maximum Gasteiger partial charge on any atom is 0.139 e. The van der Waals surface area contributed by atoms with Crippen LogP contribution in [0.5, 0.6) is 0 Å². The van der Waals surface area contributed by atoms with Crippen molar-refractivity contribution in [1.82, 2.24) is 0 Å². The Labute approximate surface area is 68.4 Å². The SMILES string of the molecule is CC1OC1SSC1OC1C. The van der Waals surface area contributed by atoms with E-state index in [0.29, 0.717) is 23.1 Å². The molecule has 0 bridgehead atoms. The lowest BCUT2D eigenvalue weighted by Crippen LogP contribution is -1.81. The Bertz CT molecular complexity index is 126. The van der Waals surface area contributed by atoms with Crippen LogP contribution < -0.4 is 0 Å². The van der Waals surface area contributed by atoms with E-state index < -0.39 is 0 Å². The lowest BCUT2D eigenvalue weighted by Gasteiger charge is -1.88. The van der Waals surface area contributed by atoms with E-state index in [2.05, 4.69) is 13.8 Å². The number of rotatable bonds is 3. The van der Waals surface area contributed by atoms with Crippen molar-refractivity contribution in [3.8, 4) is 0 Å². The molecule has 4 unspecified atom stereocenters. The zero-order valence-corrected chi connectivity index (χ0v) is 7.58. The minimum absolute atomic E-state index is 0.432. The van der Waals surface area contributed by atoms with Crippen molar-refractivity contribution >= 4 is 21.6 Å². The van der Waals surface area contributed by atoms with Crippen molar-refractivity contribution in [3.63, 3.8) is 0 Å². The second kappa shape index (κ2) is 2.59. The van der Waals surface area contributed by atoms with Crippen molar-refractivity contribution in [1.29, 1.82) is 0 Å². The Morgan fingerprint density at radius 1 is 0.900 bits per heavy atom. The van der Waals surface area contributed by atoms with Gasteiger partial charge in [-0.3, -0.25) is 0 Å². The summed E-state index contributed by atoms with van der Waals surface area (Å²) in [6, 6.07) is 0. The normalized spacial score (nSPS) is 51.0. The first-order chi connectivity index (χ1) is 4.77. The highest BCUT2D eigenvalue weighted by Gasteiger charge is 2.41. The number of ether oxygens (including phenoxy) is 2. The fourth-order valence-corrected chi connectivity index (χ4v) is 3.49. The third-order valence-corrected chi connectivity index (χ3v) is 4.51. The minimum atomic E-state index is 0.432. The summed E-state index contributed by atoms with van der Waals surface area (Å²) in [7, 11) is 3.59. The molecule has 58 valence electrons. The molecule has 0 N–H and O–H groups in total. The lowest BCUT2D eigenvalue weighted by molar-refractivity contribution is 0.412. The highest BCUT2D eigenvalue weighted by Crippen LogP contribution is 2.47. The third kappa shape index (κ3) is 1.61. The number of epoxide rings is 2. The molecule has 4 heteroatoms. The van der Waals surface area contributed by atoms with Gasteiger partial charge in [0.05, 0.1) is 12.2 Å². The molecule has 0 spiro atoms. The zero-order chi connectivity index (χ0) is 7.14. The average Bonchev–Trinajstić information content (AvgIpc) is 2.71. The van der Waals surface area contributed by atoms with Gasteiger partial charge in [0, 0.05) is 0 Å². The molecule has 2 fully saturated rings. The third-order valence-electron chi connectivity index (χ3n) is 1.56. The monoisotopic (exact) mass is 178 g/mol. The first kappa shape index (κ1) is 7.28. The first-order valence-electron chi connectivity index (χ1n) is 3.40. The van der Waals surface area contributed by atoms with Crippen LogP contribution in [0.4, 0.5) is 0 Å². The van der Waals surface area contributed by atoms with Crippen LogP contribution in [0.2, 0.25) is 0 Å². The van der Waals surface area contributed by atoms with Crippen LogP contribution in [0.25, 0.3) is 0 Å². The number of hydrogen-bond donors (Lipinski definition) is 0. The molecule has 2 heterocycles. The van der Waals surface area contributed by atoms with E-state index in [-0.39, 0.29) is 0 Å². The summed E-state index contributed by atoms with van der Waals surface area (Å²) in [5.74, 6) is 0. The fraction of sp³-hybridized carbons (Fsp3) is 1.00. The van der Waals surface area contributed by atoms with Gasteiger partial charge in [0.25, 0.3) is 0 Å². The summed E-state index contributed by atoms with van der Waals surface area (Å²) in [4.78, 5) is 0. The van der Waals surface area contributed by atoms with Gasteiger partial charge in [-0.2, -0.15) is 0 Å². The summed E-state index contributed by atoms with van der Waals surface area (Å²) in [5.41, 5.74) is 0.864. The molecule has 4 atom stereocenters. The molecular formula is C6H10O2S2. The molecule has 2 aliphatic heterocycles. The summed E-state index contributed by atoms with van der Waals surface area (Å²) >= 11 is 0. The molecule has 2 rings (SSSR count). The topological polar surface area (TPSA) is 25.1 Å². The van der Waals surface area contributed by atoms with Crippen molar-refractivity contribution in [2.45, 2.75) is 36.9 Å². The standard InChI is InChI=1S/C6H10O2S2/c1-3-5(7-3)9-10-6-4(2)8-6/h3-6H,1-2H3. The van der Waals surface area contributed by atoms with E-state index in [1.807, 2.05) is 0 Å². The molecule has 0 aromatic carbocycles. The Kier molecular flexibility index (Phi) is 1.88. The first-order valence-corrected chi connectivity index (χ1v) is 5.68. The molecule has 0 saturated carbocycles. The van der Waals surface area contributed by atoms with Gasteiger partial charge >= 0.3 is 0 Å². The Balaban J connectivity index is 1.57. The van der Waals surface area contributed by atoms with Gasteiger partial charge in [-0.1, -0.05) is 21.6 Å². The second-order valence-corrected chi connectivity index (χ2v) is 5.08. The molecule has 0 aromatic rings. The second-order valence-electron chi connectivity index (χ2n) is 2.61. The van der Waals surface area contributed by atoms with Gasteiger partial charge < -0.3 is 9.47 Å². The van der Waals surface area contributed by atoms with Crippen molar-refractivity contribution in [3.05, 3.63) is 0 Å². The molecule has 0 radical (unpaired) electrons. The molecule has 0 amide bonds. The van der Waals surface area contributed by atoms with E-state index in [1.54, 1.807) is 21.6 Å². The summed E-state index contributed by atoms with van der Waals surface area (Å²) < 4.78 is 10.4. The van der Waals surface area contributed by atoms with Gasteiger partial charge in [0.1, 0.15) is 10.9 Å². The highest BCUT2D eigenvalue weighted by atomic mass is 33.1. The zero-order valence-electron chi connectivity index (χ0n) is 5.94. The lowest BCUT2D eigenvalue weighted by atomic mass is 10.6. The van der Waals surface area contributed by atoms with E-state index in [9.17, 15) is 0 Å². The molecule has 0 aliphatic carbocycles. The Morgan fingerprint density at radius 2 is 1.20 bits per heavy atom. The van der Waals surface area contributed by atoms with Gasteiger partial charge in [-0.15, -0.1) is 0 Å². The van der Waals surface area contributed by atoms with Crippen molar-refractivity contribution < 1.29 is 9.47 Å². The predicted molar refractivity (Wildman–Crippen MR) is 43.9 cm³/mol. The van der Waals surface area contributed by atoms with Crippen molar-refractivity contribution in [2.75, 3.05) is 0 Å².